The molecule has 0 aliphatic rings. The van der Waals surface area contributed by atoms with Gasteiger partial charge >= 0.3 is 10.3 Å². The molecule has 0 amide bonds. The maximum atomic E-state index is 10.5. The fourth-order valence-electron chi connectivity index (χ4n) is 1.11. The number of aliphatic hydroxyl groups excluding tert-OH is 4. The highest BCUT2D eigenvalue weighted by Crippen LogP contribution is 2.11. The summed E-state index contributed by atoms with van der Waals surface area (Å²) < 4.78 is 59.8. The van der Waals surface area contributed by atoms with Crippen molar-refractivity contribution in [1.82, 2.24) is 4.72 Å². The molecule has 0 radical (unpaired) electrons. The van der Waals surface area contributed by atoms with Crippen LogP contribution in [0, 0.1) is 0 Å². The summed E-state index contributed by atoms with van der Waals surface area (Å²) in [4.78, 5) is 10.5. The first-order valence-electron chi connectivity index (χ1n) is 4.70. The van der Waals surface area contributed by atoms with Gasteiger partial charge in [0.25, 0.3) is 10.1 Å². The highest BCUT2D eigenvalue weighted by molar-refractivity contribution is 7.86. The molecule has 0 saturated heterocycles. The second-order valence-electron chi connectivity index (χ2n) is 3.63. The highest BCUT2D eigenvalue weighted by atomic mass is 32.2. The van der Waals surface area contributed by atoms with Crippen LogP contribution in [0.1, 0.15) is 0 Å². The molecule has 0 rings (SSSR count). The second kappa shape index (κ2) is 6.83. The van der Waals surface area contributed by atoms with Gasteiger partial charge in [-0.15, -0.1) is 0 Å². The third-order valence-electron chi connectivity index (χ3n) is 2.10. The van der Waals surface area contributed by atoms with Gasteiger partial charge in [0, 0.05) is 0 Å². The van der Waals surface area contributed by atoms with Crippen LogP contribution in [0.5, 0.6) is 0 Å². The molecule has 5 atom stereocenters. The van der Waals surface area contributed by atoms with E-state index >= 15 is 0 Å². The van der Waals surface area contributed by atoms with Crippen LogP contribution < -0.4 is 4.72 Å². The summed E-state index contributed by atoms with van der Waals surface area (Å²) in [6.45, 7) is 0. The maximum Gasteiger partial charge on any atom is 0.334 e. The lowest BCUT2D eigenvalue weighted by Crippen LogP contribution is -2.55. The Morgan fingerprint density at radius 2 is 1.30 bits per heavy atom. The molecule has 7 N–H and O–H groups in total. The fraction of sp³-hybridized carbons (Fsp3) is 0.833. The molecule has 0 spiro atoms. The molecule has 0 aromatic heterocycles. The van der Waals surface area contributed by atoms with E-state index in [1.54, 1.807) is 0 Å². The summed E-state index contributed by atoms with van der Waals surface area (Å²) in [5.41, 5.74) is -2.91. The Kier molecular flexibility index (Phi) is 6.59. The number of carbonyl (C=O) groups excluding carboxylic acids is 1. The van der Waals surface area contributed by atoms with Gasteiger partial charge in [0.1, 0.15) is 30.6 Å². The predicted octanol–water partition coefficient (Wildman–Crippen LogP) is -4.76. The Morgan fingerprint density at radius 3 is 1.60 bits per heavy atom. The van der Waals surface area contributed by atoms with Crippen LogP contribution in [0.4, 0.5) is 0 Å². The van der Waals surface area contributed by atoms with Crippen molar-refractivity contribution in [2.75, 3.05) is 0 Å². The zero-order chi connectivity index (χ0) is 16.3. The SMILES string of the molecule is O=C[C@@H](NS(=O)(=O)O)[C@@H](O)[C@H](O)[C@H](O)C(O)S(=O)(=O)O. The lowest BCUT2D eigenvalue weighted by molar-refractivity contribution is -0.121. The number of carbonyl (C=O) groups is 1. The summed E-state index contributed by atoms with van der Waals surface area (Å²) in [7, 11) is -10.1. The second-order valence-corrected chi connectivity index (χ2v) is 6.33. The third kappa shape index (κ3) is 5.73. The monoisotopic (exact) mass is 339 g/mol. The largest absolute Gasteiger partial charge is 0.388 e. The van der Waals surface area contributed by atoms with Crippen LogP contribution >= 0.6 is 0 Å². The van der Waals surface area contributed by atoms with Crippen molar-refractivity contribution < 1.29 is 51.2 Å². The first-order chi connectivity index (χ1) is 8.81. The zero-order valence-corrected chi connectivity index (χ0v) is 11.1. The van der Waals surface area contributed by atoms with E-state index in [1.165, 1.54) is 0 Å². The summed E-state index contributed by atoms with van der Waals surface area (Å²) in [5.74, 6) is 0. The number of aldehydes is 1. The van der Waals surface area contributed by atoms with Crippen LogP contribution in [-0.4, -0.2) is 82.4 Å². The Balaban J connectivity index is 5.08. The number of hydrogen-bond acceptors (Lipinski definition) is 9. The molecule has 14 heteroatoms. The zero-order valence-electron chi connectivity index (χ0n) is 9.51. The predicted molar refractivity (Wildman–Crippen MR) is 60.1 cm³/mol. The van der Waals surface area contributed by atoms with Crippen molar-refractivity contribution >= 4 is 26.7 Å². The number of aliphatic hydroxyl groups is 4. The number of hydrogen-bond donors (Lipinski definition) is 7. The maximum absolute atomic E-state index is 10.5. The number of rotatable bonds is 8. The van der Waals surface area contributed by atoms with Crippen molar-refractivity contribution in [2.24, 2.45) is 0 Å². The van der Waals surface area contributed by atoms with Gasteiger partial charge in [0.15, 0.2) is 0 Å². The molecule has 12 nitrogen and oxygen atoms in total. The minimum Gasteiger partial charge on any atom is -0.388 e. The summed E-state index contributed by atoms with van der Waals surface area (Å²) >= 11 is 0. The van der Waals surface area contributed by atoms with Gasteiger partial charge in [-0.25, -0.2) is 0 Å². The molecule has 0 saturated carbocycles. The molecule has 20 heavy (non-hydrogen) atoms. The average molecular weight is 339 g/mol. The van der Waals surface area contributed by atoms with Crippen LogP contribution in [0.15, 0.2) is 0 Å². The van der Waals surface area contributed by atoms with E-state index in [0.717, 1.165) is 4.72 Å². The molecule has 0 heterocycles. The van der Waals surface area contributed by atoms with E-state index in [2.05, 4.69) is 0 Å². The van der Waals surface area contributed by atoms with Gasteiger partial charge in [-0.05, 0) is 0 Å². The minimum absolute atomic E-state index is 0.270. The van der Waals surface area contributed by atoms with Crippen molar-refractivity contribution in [2.45, 2.75) is 29.8 Å². The summed E-state index contributed by atoms with van der Waals surface area (Å²) in [6, 6.07) is -2.15. The van der Waals surface area contributed by atoms with E-state index in [4.69, 9.17) is 14.2 Å². The molecular weight excluding hydrogens is 326 g/mol. The van der Waals surface area contributed by atoms with Gasteiger partial charge in [-0.2, -0.15) is 21.6 Å². The third-order valence-corrected chi connectivity index (χ3v) is 3.56. The van der Waals surface area contributed by atoms with Crippen molar-refractivity contribution in [3.05, 3.63) is 0 Å². The molecule has 0 aliphatic heterocycles. The summed E-state index contributed by atoms with van der Waals surface area (Å²) in [5, 5.41) is 36.8. The molecule has 0 aliphatic carbocycles. The lowest BCUT2D eigenvalue weighted by atomic mass is 10.0. The first kappa shape index (κ1) is 19.3. The topological polar surface area (TPSA) is 219 Å². The van der Waals surface area contributed by atoms with Crippen molar-refractivity contribution in [3.63, 3.8) is 0 Å². The molecule has 0 bridgehead atoms. The van der Waals surface area contributed by atoms with E-state index in [0.29, 0.717) is 0 Å². The van der Waals surface area contributed by atoms with Crippen LogP contribution in [0.2, 0.25) is 0 Å². The molecule has 0 aromatic rings. The summed E-state index contributed by atoms with van der Waals surface area (Å²) in [6.07, 6.45) is -7.91. The highest BCUT2D eigenvalue weighted by Gasteiger charge is 2.40. The average Bonchev–Trinajstić information content (AvgIpc) is 2.29. The van der Waals surface area contributed by atoms with Crippen LogP contribution in [-0.2, 0) is 25.2 Å². The standard InChI is InChI=1S/C6H13NO11S2/c8-1-2(7-20(16,17)18)3(9)4(10)5(11)6(12)19(13,14)15/h1-7,9-12H,(H,13,14,15)(H,16,17,18)/t2-,3-,4+,5+,6?/m1/s1. The van der Waals surface area contributed by atoms with E-state index in [9.17, 15) is 36.9 Å². The van der Waals surface area contributed by atoms with Gasteiger partial charge in [0.05, 0.1) is 0 Å². The first-order valence-corrected chi connectivity index (χ1v) is 7.64. The molecule has 120 valence electrons. The normalized spacial score (nSPS) is 20.7. The Morgan fingerprint density at radius 1 is 0.850 bits per heavy atom. The smallest absolute Gasteiger partial charge is 0.334 e. The van der Waals surface area contributed by atoms with Gasteiger partial charge in [-0.1, -0.05) is 0 Å². The molecular formula is C6H13NO11S2. The Labute approximate surface area is 113 Å². The van der Waals surface area contributed by atoms with Gasteiger partial charge in [-0.3, -0.25) is 9.11 Å². The van der Waals surface area contributed by atoms with Crippen LogP contribution in [0.3, 0.4) is 0 Å². The van der Waals surface area contributed by atoms with Gasteiger partial charge in [0.2, 0.25) is 5.44 Å². The number of nitrogens with one attached hydrogen (secondary N) is 1. The van der Waals surface area contributed by atoms with Crippen molar-refractivity contribution in [3.8, 4) is 0 Å². The van der Waals surface area contributed by atoms with E-state index < -0.39 is 50.2 Å². The fourth-order valence-corrected chi connectivity index (χ4v) is 2.16. The molecule has 0 aromatic carbocycles. The Bertz CT molecular complexity index is 527. The van der Waals surface area contributed by atoms with E-state index in [1.807, 2.05) is 0 Å². The van der Waals surface area contributed by atoms with Crippen molar-refractivity contribution in [1.29, 1.82) is 0 Å². The molecule has 0 fully saturated rings. The van der Waals surface area contributed by atoms with Crippen LogP contribution in [0.25, 0.3) is 0 Å². The minimum atomic E-state index is -5.19. The Hall–Kier alpha value is -0.710. The van der Waals surface area contributed by atoms with Gasteiger partial charge < -0.3 is 25.2 Å². The quantitative estimate of drug-likeness (QED) is 0.164. The molecule has 1 unspecified atom stereocenters. The lowest BCUT2D eigenvalue weighted by Gasteiger charge is -2.27. The van der Waals surface area contributed by atoms with E-state index in [-0.39, 0.29) is 6.29 Å².